The molecule has 0 radical (unpaired) electrons. The van der Waals surface area contributed by atoms with Crippen LogP contribution in [0.1, 0.15) is 17.5 Å². The van der Waals surface area contributed by atoms with E-state index in [9.17, 15) is 0 Å². The van der Waals surface area contributed by atoms with Crippen LogP contribution in [0.2, 0.25) is 5.02 Å². The Labute approximate surface area is 173 Å². The van der Waals surface area contributed by atoms with Crippen molar-refractivity contribution in [2.75, 3.05) is 39.1 Å². The molecule has 1 aliphatic rings. The Balaban J connectivity index is 1.55. The van der Waals surface area contributed by atoms with Crippen molar-refractivity contribution in [2.45, 2.75) is 25.6 Å². The van der Waals surface area contributed by atoms with Gasteiger partial charge in [0.25, 0.3) is 0 Å². The third-order valence-corrected chi connectivity index (χ3v) is 5.21. The first-order valence-corrected chi connectivity index (χ1v) is 10.1. The topological polar surface area (TPSA) is 42.9 Å². The predicted molar refractivity (Wildman–Crippen MR) is 119 cm³/mol. The van der Waals surface area contributed by atoms with E-state index >= 15 is 0 Å². The van der Waals surface area contributed by atoms with E-state index in [4.69, 9.17) is 11.6 Å². The summed E-state index contributed by atoms with van der Waals surface area (Å²) in [4.78, 5) is 8.97. The summed E-state index contributed by atoms with van der Waals surface area (Å²) >= 11 is 6.14. The molecule has 1 fully saturated rings. The number of guanidine groups is 1. The average Bonchev–Trinajstić information content (AvgIpc) is 3.14. The van der Waals surface area contributed by atoms with Gasteiger partial charge in [-0.15, -0.1) is 0 Å². The van der Waals surface area contributed by atoms with Gasteiger partial charge in [-0.1, -0.05) is 41.9 Å². The predicted octanol–water partition coefficient (Wildman–Crippen LogP) is 3.35. The lowest BCUT2D eigenvalue weighted by atomic mass is 10.1. The van der Waals surface area contributed by atoms with Gasteiger partial charge in [-0.05, 0) is 49.8 Å². The van der Waals surface area contributed by atoms with Crippen LogP contribution in [0.4, 0.5) is 5.69 Å². The van der Waals surface area contributed by atoms with Crippen LogP contribution in [0, 0.1) is 0 Å². The molecule has 5 nitrogen and oxygen atoms in total. The van der Waals surface area contributed by atoms with E-state index in [1.54, 1.807) is 0 Å². The first-order valence-electron chi connectivity index (χ1n) is 9.74. The second-order valence-electron chi connectivity index (χ2n) is 7.49. The first-order chi connectivity index (χ1) is 13.5. The molecule has 3 rings (SSSR count). The number of aliphatic imine (C=N–C) groups is 1. The number of halogens is 1. The van der Waals surface area contributed by atoms with Crippen molar-refractivity contribution in [3.8, 4) is 0 Å². The highest BCUT2D eigenvalue weighted by atomic mass is 35.5. The molecule has 1 aliphatic heterocycles. The summed E-state index contributed by atoms with van der Waals surface area (Å²) in [5, 5.41) is 7.82. The van der Waals surface area contributed by atoms with Gasteiger partial charge in [0.05, 0.1) is 0 Å². The van der Waals surface area contributed by atoms with Gasteiger partial charge in [-0.25, -0.2) is 0 Å². The third kappa shape index (κ3) is 5.63. The lowest BCUT2D eigenvalue weighted by Crippen LogP contribution is -2.44. The number of rotatable bonds is 6. The lowest BCUT2D eigenvalue weighted by Gasteiger charge is -2.21. The highest BCUT2D eigenvalue weighted by Crippen LogP contribution is 2.23. The molecule has 150 valence electrons. The Morgan fingerprint density at radius 1 is 1.18 bits per heavy atom. The lowest BCUT2D eigenvalue weighted by molar-refractivity contribution is 0.400. The van der Waals surface area contributed by atoms with E-state index in [-0.39, 0.29) is 0 Å². The maximum absolute atomic E-state index is 6.14. The zero-order chi connectivity index (χ0) is 19.9. The fourth-order valence-electron chi connectivity index (χ4n) is 3.58. The average molecular weight is 400 g/mol. The van der Waals surface area contributed by atoms with Gasteiger partial charge in [0.2, 0.25) is 0 Å². The summed E-state index contributed by atoms with van der Waals surface area (Å²) in [6.45, 7) is 3.65. The van der Waals surface area contributed by atoms with Gasteiger partial charge in [0, 0.05) is 50.0 Å². The molecule has 0 aromatic heterocycles. The summed E-state index contributed by atoms with van der Waals surface area (Å²) in [7, 11) is 6.01. The summed E-state index contributed by atoms with van der Waals surface area (Å²) < 4.78 is 0. The van der Waals surface area contributed by atoms with Crippen molar-refractivity contribution < 1.29 is 0 Å². The fraction of sp³-hybridized carbons (Fsp3) is 0.409. The molecule has 1 unspecified atom stereocenters. The van der Waals surface area contributed by atoms with Gasteiger partial charge in [0.1, 0.15) is 0 Å². The molecule has 1 atom stereocenters. The molecule has 6 heteroatoms. The SMILES string of the molecule is CN=C(NCc1ccccc1CN(C)C)NC1CCN(c2cccc(Cl)c2)C1. The molecule has 1 saturated heterocycles. The van der Waals surface area contributed by atoms with Crippen LogP contribution in [-0.2, 0) is 13.1 Å². The fourth-order valence-corrected chi connectivity index (χ4v) is 3.76. The van der Waals surface area contributed by atoms with Crippen molar-refractivity contribution in [1.29, 1.82) is 0 Å². The summed E-state index contributed by atoms with van der Waals surface area (Å²) in [6, 6.07) is 17.0. The highest BCUT2D eigenvalue weighted by molar-refractivity contribution is 6.30. The molecular weight excluding hydrogens is 370 g/mol. The minimum absolute atomic E-state index is 0.363. The Hall–Kier alpha value is -2.24. The maximum Gasteiger partial charge on any atom is 0.191 e. The minimum Gasteiger partial charge on any atom is -0.369 e. The zero-order valence-corrected chi connectivity index (χ0v) is 17.7. The van der Waals surface area contributed by atoms with E-state index in [2.05, 4.69) is 69.9 Å². The van der Waals surface area contributed by atoms with Gasteiger partial charge in [0.15, 0.2) is 5.96 Å². The monoisotopic (exact) mass is 399 g/mol. The van der Waals surface area contributed by atoms with Crippen LogP contribution < -0.4 is 15.5 Å². The molecule has 0 aliphatic carbocycles. The summed E-state index contributed by atoms with van der Waals surface area (Å²) in [5.41, 5.74) is 3.81. The van der Waals surface area contributed by atoms with Crippen LogP contribution in [0.5, 0.6) is 0 Å². The summed E-state index contributed by atoms with van der Waals surface area (Å²) in [6.07, 6.45) is 1.07. The van der Waals surface area contributed by atoms with Crippen LogP contribution >= 0.6 is 11.6 Å². The standard InChI is InChI=1S/C22H30ClN5/c1-24-22(25-14-17-7-4-5-8-18(17)15-27(2)3)26-20-11-12-28(16-20)21-10-6-9-19(23)13-21/h4-10,13,20H,11-12,14-16H2,1-3H3,(H2,24,25,26). The highest BCUT2D eigenvalue weighted by Gasteiger charge is 2.23. The minimum atomic E-state index is 0.363. The molecule has 2 aromatic carbocycles. The zero-order valence-electron chi connectivity index (χ0n) is 17.0. The molecule has 2 N–H and O–H groups in total. The van der Waals surface area contributed by atoms with Crippen LogP contribution in [0.15, 0.2) is 53.5 Å². The van der Waals surface area contributed by atoms with Gasteiger partial charge in [-0.2, -0.15) is 0 Å². The molecule has 0 spiro atoms. The maximum atomic E-state index is 6.14. The molecule has 28 heavy (non-hydrogen) atoms. The van der Waals surface area contributed by atoms with Crippen molar-refractivity contribution in [2.24, 2.45) is 4.99 Å². The number of hydrogen-bond donors (Lipinski definition) is 2. The van der Waals surface area contributed by atoms with E-state index < -0.39 is 0 Å². The normalized spacial score (nSPS) is 17.2. The largest absolute Gasteiger partial charge is 0.369 e. The molecule has 0 bridgehead atoms. The number of anilines is 1. The molecule has 0 amide bonds. The summed E-state index contributed by atoms with van der Waals surface area (Å²) in [5.74, 6) is 0.845. The van der Waals surface area contributed by atoms with E-state index in [1.807, 2.05) is 25.2 Å². The van der Waals surface area contributed by atoms with Gasteiger partial charge < -0.3 is 20.4 Å². The second-order valence-corrected chi connectivity index (χ2v) is 7.92. The number of nitrogens with one attached hydrogen (secondary N) is 2. The van der Waals surface area contributed by atoms with Gasteiger partial charge in [-0.3, -0.25) is 4.99 Å². The Kier molecular flexibility index (Phi) is 7.18. The van der Waals surface area contributed by atoms with Crippen LogP contribution in [0.3, 0.4) is 0 Å². The van der Waals surface area contributed by atoms with Crippen molar-refractivity contribution >= 4 is 23.2 Å². The number of benzene rings is 2. The second kappa shape index (κ2) is 9.80. The Morgan fingerprint density at radius 3 is 2.68 bits per heavy atom. The van der Waals surface area contributed by atoms with Crippen LogP contribution in [-0.4, -0.2) is 51.1 Å². The van der Waals surface area contributed by atoms with E-state index in [0.29, 0.717) is 6.04 Å². The third-order valence-electron chi connectivity index (χ3n) is 4.98. The molecule has 0 saturated carbocycles. The molecule has 1 heterocycles. The van der Waals surface area contributed by atoms with E-state index in [1.165, 1.54) is 16.8 Å². The number of hydrogen-bond acceptors (Lipinski definition) is 3. The van der Waals surface area contributed by atoms with Crippen molar-refractivity contribution in [3.05, 3.63) is 64.7 Å². The smallest absolute Gasteiger partial charge is 0.191 e. The van der Waals surface area contributed by atoms with Crippen LogP contribution in [0.25, 0.3) is 0 Å². The first kappa shape index (κ1) is 20.5. The molecular formula is C22H30ClN5. The Bertz CT molecular complexity index is 805. The Morgan fingerprint density at radius 2 is 1.96 bits per heavy atom. The molecule has 2 aromatic rings. The van der Waals surface area contributed by atoms with Crippen molar-refractivity contribution in [3.63, 3.8) is 0 Å². The van der Waals surface area contributed by atoms with Crippen molar-refractivity contribution in [1.82, 2.24) is 15.5 Å². The number of nitrogens with zero attached hydrogens (tertiary/aromatic N) is 3. The van der Waals surface area contributed by atoms with Gasteiger partial charge >= 0.3 is 0 Å². The van der Waals surface area contributed by atoms with E-state index in [0.717, 1.165) is 43.6 Å². The quantitative estimate of drug-likeness (QED) is 0.577.